The number of para-hydroxylation sites is 1. The molecule has 0 amide bonds. The van der Waals surface area contributed by atoms with Gasteiger partial charge in [-0.2, -0.15) is 0 Å². The lowest BCUT2D eigenvalue weighted by molar-refractivity contribution is 0.321. The quantitative estimate of drug-likeness (QED) is 0.722. The highest BCUT2D eigenvalue weighted by Crippen LogP contribution is 2.31. The molecule has 0 fully saturated rings. The minimum atomic E-state index is -0.383. The molecule has 0 bridgehead atoms. The van der Waals surface area contributed by atoms with E-state index in [1.807, 2.05) is 56.1 Å². The number of ether oxygens (including phenoxy) is 1. The Morgan fingerprint density at radius 1 is 1.13 bits per heavy atom. The van der Waals surface area contributed by atoms with Crippen LogP contribution in [0.3, 0.4) is 0 Å². The van der Waals surface area contributed by atoms with Crippen molar-refractivity contribution in [3.63, 3.8) is 0 Å². The van der Waals surface area contributed by atoms with Crippen molar-refractivity contribution in [3.05, 3.63) is 54.1 Å². The Morgan fingerprint density at radius 2 is 1.91 bits per heavy atom. The van der Waals surface area contributed by atoms with E-state index in [9.17, 15) is 4.39 Å². The molecule has 23 heavy (non-hydrogen) atoms. The van der Waals surface area contributed by atoms with Gasteiger partial charge in [0, 0.05) is 24.2 Å². The summed E-state index contributed by atoms with van der Waals surface area (Å²) in [4.78, 5) is 10.8. The predicted octanol–water partition coefficient (Wildman–Crippen LogP) is 4.24. The maximum Gasteiger partial charge on any atom is 0.167 e. The summed E-state index contributed by atoms with van der Waals surface area (Å²) in [5.74, 6) is 1.30. The standard InChI is InChI=1S/C18H18FN3O/c1-4-23-17-10-9-13(11-15(17)19)22(3)18-14-7-5-6-8-16(14)20-12(2)21-18/h5-11H,4H2,1-3H3. The number of rotatable bonds is 4. The van der Waals surface area contributed by atoms with E-state index in [2.05, 4.69) is 9.97 Å². The molecule has 1 heterocycles. The second-order valence-corrected chi connectivity index (χ2v) is 5.22. The number of hydrogen-bond donors (Lipinski definition) is 0. The lowest BCUT2D eigenvalue weighted by atomic mass is 10.2. The molecule has 0 saturated heterocycles. The van der Waals surface area contributed by atoms with Crippen molar-refractivity contribution in [2.75, 3.05) is 18.6 Å². The molecule has 118 valence electrons. The number of anilines is 2. The third-order valence-electron chi connectivity index (χ3n) is 3.62. The van der Waals surface area contributed by atoms with Crippen molar-refractivity contribution in [1.29, 1.82) is 0 Å². The molecule has 0 N–H and O–H groups in total. The molecular weight excluding hydrogens is 293 g/mol. The molecule has 0 spiro atoms. The Balaban J connectivity index is 2.07. The van der Waals surface area contributed by atoms with Crippen LogP contribution in [0.5, 0.6) is 5.75 Å². The van der Waals surface area contributed by atoms with Gasteiger partial charge in [-0.3, -0.25) is 0 Å². The fourth-order valence-corrected chi connectivity index (χ4v) is 2.52. The van der Waals surface area contributed by atoms with Crippen molar-refractivity contribution in [1.82, 2.24) is 9.97 Å². The first-order valence-corrected chi connectivity index (χ1v) is 7.49. The summed E-state index contributed by atoms with van der Waals surface area (Å²) in [7, 11) is 1.86. The van der Waals surface area contributed by atoms with Crippen LogP contribution in [0, 0.1) is 12.7 Å². The zero-order chi connectivity index (χ0) is 16.4. The zero-order valence-corrected chi connectivity index (χ0v) is 13.4. The number of benzene rings is 2. The Bertz CT molecular complexity index is 851. The molecule has 0 aliphatic heterocycles. The number of halogens is 1. The summed E-state index contributed by atoms with van der Waals surface area (Å²) >= 11 is 0. The van der Waals surface area contributed by atoms with E-state index in [0.29, 0.717) is 18.1 Å². The van der Waals surface area contributed by atoms with Crippen LogP contribution < -0.4 is 9.64 Å². The Hall–Kier alpha value is -2.69. The van der Waals surface area contributed by atoms with Crippen LogP contribution in [0.4, 0.5) is 15.9 Å². The summed E-state index contributed by atoms with van der Waals surface area (Å²) in [5.41, 5.74) is 1.57. The molecule has 2 aromatic carbocycles. The number of fused-ring (bicyclic) bond motifs is 1. The number of hydrogen-bond acceptors (Lipinski definition) is 4. The molecule has 3 rings (SSSR count). The van der Waals surface area contributed by atoms with Crippen molar-refractivity contribution >= 4 is 22.4 Å². The average Bonchev–Trinajstić information content (AvgIpc) is 2.55. The van der Waals surface area contributed by atoms with Crippen LogP contribution in [0.1, 0.15) is 12.7 Å². The number of nitrogens with zero attached hydrogens (tertiary/aromatic N) is 3. The molecule has 0 atom stereocenters. The second-order valence-electron chi connectivity index (χ2n) is 5.22. The average molecular weight is 311 g/mol. The highest BCUT2D eigenvalue weighted by Gasteiger charge is 2.13. The maximum absolute atomic E-state index is 14.1. The summed E-state index contributed by atoms with van der Waals surface area (Å²) < 4.78 is 19.4. The molecule has 0 saturated carbocycles. The molecule has 0 unspecified atom stereocenters. The molecular formula is C18H18FN3O. The van der Waals surface area contributed by atoms with Gasteiger partial charge < -0.3 is 9.64 Å². The van der Waals surface area contributed by atoms with E-state index in [1.54, 1.807) is 6.07 Å². The van der Waals surface area contributed by atoms with E-state index in [-0.39, 0.29) is 11.6 Å². The van der Waals surface area contributed by atoms with Crippen LogP contribution in [-0.4, -0.2) is 23.6 Å². The summed E-state index contributed by atoms with van der Waals surface area (Å²) in [5, 5.41) is 0.926. The summed E-state index contributed by atoms with van der Waals surface area (Å²) in [6.07, 6.45) is 0. The minimum absolute atomic E-state index is 0.258. The van der Waals surface area contributed by atoms with Gasteiger partial charge in [-0.05, 0) is 38.1 Å². The third kappa shape index (κ3) is 2.95. The van der Waals surface area contributed by atoms with E-state index < -0.39 is 0 Å². The largest absolute Gasteiger partial charge is 0.491 e. The van der Waals surface area contributed by atoms with Crippen LogP contribution in [-0.2, 0) is 0 Å². The van der Waals surface area contributed by atoms with Crippen LogP contribution in [0.2, 0.25) is 0 Å². The lowest BCUT2D eigenvalue weighted by Gasteiger charge is -2.21. The van der Waals surface area contributed by atoms with E-state index in [1.165, 1.54) is 6.07 Å². The molecule has 1 aromatic heterocycles. The van der Waals surface area contributed by atoms with Crippen molar-refractivity contribution in [3.8, 4) is 5.75 Å². The van der Waals surface area contributed by atoms with E-state index >= 15 is 0 Å². The van der Waals surface area contributed by atoms with Gasteiger partial charge in [0.2, 0.25) is 0 Å². The van der Waals surface area contributed by atoms with Gasteiger partial charge in [0.25, 0.3) is 0 Å². The molecule has 0 radical (unpaired) electrons. The highest BCUT2D eigenvalue weighted by molar-refractivity contribution is 5.91. The van der Waals surface area contributed by atoms with Gasteiger partial charge in [-0.25, -0.2) is 14.4 Å². The molecule has 0 aliphatic carbocycles. The van der Waals surface area contributed by atoms with Crippen LogP contribution in [0.25, 0.3) is 10.9 Å². The van der Waals surface area contributed by atoms with Gasteiger partial charge in [-0.15, -0.1) is 0 Å². The van der Waals surface area contributed by atoms with Crippen LogP contribution in [0.15, 0.2) is 42.5 Å². The van der Waals surface area contributed by atoms with Gasteiger partial charge >= 0.3 is 0 Å². The van der Waals surface area contributed by atoms with Gasteiger partial charge in [0.05, 0.1) is 12.1 Å². The zero-order valence-electron chi connectivity index (χ0n) is 13.4. The molecule has 5 heteroatoms. The minimum Gasteiger partial charge on any atom is -0.491 e. The first kappa shape index (κ1) is 15.2. The second kappa shape index (κ2) is 6.20. The monoisotopic (exact) mass is 311 g/mol. The fraction of sp³-hybridized carbons (Fsp3) is 0.222. The first-order valence-electron chi connectivity index (χ1n) is 7.49. The topological polar surface area (TPSA) is 38.2 Å². The SMILES string of the molecule is CCOc1ccc(N(C)c2nc(C)nc3ccccc23)cc1F. The van der Waals surface area contributed by atoms with Gasteiger partial charge in [-0.1, -0.05) is 12.1 Å². The smallest absolute Gasteiger partial charge is 0.167 e. The van der Waals surface area contributed by atoms with Crippen LogP contribution >= 0.6 is 0 Å². The lowest BCUT2D eigenvalue weighted by Crippen LogP contribution is -2.13. The highest BCUT2D eigenvalue weighted by atomic mass is 19.1. The Labute approximate surface area is 134 Å². The Kier molecular flexibility index (Phi) is 4.10. The third-order valence-corrected chi connectivity index (χ3v) is 3.62. The van der Waals surface area contributed by atoms with E-state index in [0.717, 1.165) is 16.7 Å². The van der Waals surface area contributed by atoms with Crippen molar-refractivity contribution in [2.45, 2.75) is 13.8 Å². The van der Waals surface area contributed by atoms with Gasteiger partial charge in [0.15, 0.2) is 11.6 Å². The number of aromatic nitrogens is 2. The molecule has 0 aliphatic rings. The maximum atomic E-state index is 14.1. The first-order chi connectivity index (χ1) is 11.1. The number of aryl methyl sites for hydroxylation is 1. The molecule has 4 nitrogen and oxygen atoms in total. The van der Waals surface area contributed by atoms with Gasteiger partial charge in [0.1, 0.15) is 11.6 Å². The fourth-order valence-electron chi connectivity index (χ4n) is 2.52. The predicted molar refractivity (Wildman–Crippen MR) is 89.9 cm³/mol. The Morgan fingerprint density at radius 3 is 2.65 bits per heavy atom. The van der Waals surface area contributed by atoms with E-state index in [4.69, 9.17) is 4.74 Å². The molecule has 3 aromatic rings. The summed E-state index contributed by atoms with van der Waals surface area (Å²) in [6.45, 7) is 4.11. The summed E-state index contributed by atoms with van der Waals surface area (Å²) in [6, 6.07) is 12.7. The van der Waals surface area contributed by atoms with Crippen molar-refractivity contribution < 1.29 is 9.13 Å². The van der Waals surface area contributed by atoms with Crippen molar-refractivity contribution in [2.24, 2.45) is 0 Å². The normalized spacial score (nSPS) is 10.8.